The molecule has 1 fully saturated rings. The lowest BCUT2D eigenvalue weighted by Gasteiger charge is -2.35. The van der Waals surface area contributed by atoms with E-state index in [1.165, 1.54) is 18.4 Å². The summed E-state index contributed by atoms with van der Waals surface area (Å²) in [5.74, 6) is 0.0931. The first-order valence-electron chi connectivity index (χ1n) is 9.03. The number of piperazine rings is 1. The first-order valence-corrected chi connectivity index (χ1v) is 9.03. The van der Waals surface area contributed by atoms with Crippen molar-refractivity contribution in [2.24, 2.45) is 0 Å². The molecule has 0 radical (unpaired) electrons. The largest absolute Gasteiger partial charge is 0.339 e. The van der Waals surface area contributed by atoms with Gasteiger partial charge in [0, 0.05) is 39.6 Å². The molecule has 1 heterocycles. The van der Waals surface area contributed by atoms with E-state index >= 15 is 0 Å². The SMILES string of the molecule is CCN1CCN(C(=O)CN(CCC2=CCCCC2)C(C)=O)CC1. The van der Waals surface area contributed by atoms with Gasteiger partial charge in [0.25, 0.3) is 0 Å². The van der Waals surface area contributed by atoms with E-state index in [9.17, 15) is 9.59 Å². The van der Waals surface area contributed by atoms with E-state index in [0.717, 1.165) is 52.0 Å². The summed E-state index contributed by atoms with van der Waals surface area (Å²) < 4.78 is 0. The van der Waals surface area contributed by atoms with Crippen molar-refractivity contribution >= 4 is 11.8 Å². The van der Waals surface area contributed by atoms with Gasteiger partial charge in [-0.25, -0.2) is 0 Å². The fourth-order valence-electron chi connectivity index (χ4n) is 3.33. The zero-order valence-electron chi connectivity index (χ0n) is 14.7. The smallest absolute Gasteiger partial charge is 0.242 e. The number of nitrogens with zero attached hydrogens (tertiary/aromatic N) is 3. The summed E-state index contributed by atoms with van der Waals surface area (Å²) in [5, 5.41) is 0. The highest BCUT2D eigenvalue weighted by atomic mass is 16.2. The number of carbonyl (C=O) groups excluding carboxylic acids is 2. The summed E-state index contributed by atoms with van der Waals surface area (Å²) >= 11 is 0. The molecule has 1 saturated heterocycles. The van der Waals surface area contributed by atoms with Crippen LogP contribution in [0.4, 0.5) is 0 Å². The highest BCUT2D eigenvalue weighted by Gasteiger charge is 2.23. The standard InChI is InChI=1S/C18H31N3O2/c1-3-19-11-13-20(14-12-19)18(23)15-21(16(2)22)10-9-17-7-5-4-6-8-17/h7H,3-6,8-15H2,1-2H3. The van der Waals surface area contributed by atoms with Gasteiger partial charge in [0.15, 0.2) is 0 Å². The minimum absolute atomic E-state index is 0.00181. The molecule has 0 spiro atoms. The Hall–Kier alpha value is -1.36. The van der Waals surface area contributed by atoms with Crippen LogP contribution in [0.5, 0.6) is 0 Å². The third kappa shape index (κ3) is 5.65. The topological polar surface area (TPSA) is 43.9 Å². The second-order valence-corrected chi connectivity index (χ2v) is 6.61. The molecule has 0 bridgehead atoms. The fourth-order valence-corrected chi connectivity index (χ4v) is 3.33. The molecule has 0 N–H and O–H groups in total. The van der Waals surface area contributed by atoms with Gasteiger partial charge in [-0.1, -0.05) is 18.6 Å². The molecule has 0 aromatic carbocycles. The first-order chi connectivity index (χ1) is 11.1. The monoisotopic (exact) mass is 321 g/mol. The van der Waals surface area contributed by atoms with E-state index in [-0.39, 0.29) is 18.4 Å². The average molecular weight is 321 g/mol. The van der Waals surface area contributed by atoms with Crippen LogP contribution in [0.3, 0.4) is 0 Å². The molecule has 5 heteroatoms. The van der Waals surface area contributed by atoms with Crippen LogP contribution in [-0.2, 0) is 9.59 Å². The van der Waals surface area contributed by atoms with Gasteiger partial charge in [-0.2, -0.15) is 0 Å². The van der Waals surface area contributed by atoms with E-state index in [0.29, 0.717) is 6.54 Å². The zero-order chi connectivity index (χ0) is 16.7. The predicted molar refractivity (Wildman–Crippen MR) is 92.1 cm³/mol. The van der Waals surface area contributed by atoms with Crippen molar-refractivity contribution in [3.8, 4) is 0 Å². The van der Waals surface area contributed by atoms with E-state index in [1.54, 1.807) is 11.8 Å². The summed E-state index contributed by atoms with van der Waals surface area (Å²) in [6, 6.07) is 0. The number of hydrogen-bond acceptors (Lipinski definition) is 3. The van der Waals surface area contributed by atoms with Gasteiger partial charge in [0.1, 0.15) is 0 Å². The molecule has 1 aliphatic heterocycles. The molecule has 0 aromatic rings. The molecule has 0 aromatic heterocycles. The molecule has 23 heavy (non-hydrogen) atoms. The molecule has 0 atom stereocenters. The van der Waals surface area contributed by atoms with Crippen LogP contribution in [0.1, 0.15) is 46.0 Å². The second kappa shape index (κ2) is 9.06. The maximum Gasteiger partial charge on any atom is 0.242 e. The number of hydrogen-bond donors (Lipinski definition) is 0. The number of carbonyl (C=O) groups is 2. The third-order valence-electron chi connectivity index (χ3n) is 5.03. The summed E-state index contributed by atoms with van der Waals surface area (Å²) in [6.45, 7) is 9.09. The molecule has 2 aliphatic rings. The summed E-state index contributed by atoms with van der Waals surface area (Å²) in [7, 11) is 0. The van der Waals surface area contributed by atoms with Gasteiger partial charge in [-0.15, -0.1) is 0 Å². The minimum Gasteiger partial charge on any atom is -0.339 e. The summed E-state index contributed by atoms with van der Waals surface area (Å²) in [6.07, 6.45) is 8.08. The number of likely N-dealkylation sites (N-methyl/N-ethyl adjacent to an activating group) is 1. The minimum atomic E-state index is 0.00181. The van der Waals surface area contributed by atoms with Crippen molar-refractivity contribution in [3.63, 3.8) is 0 Å². The lowest BCUT2D eigenvalue weighted by atomic mass is 9.97. The highest BCUT2D eigenvalue weighted by Crippen LogP contribution is 2.20. The van der Waals surface area contributed by atoms with Gasteiger partial charge in [0.05, 0.1) is 6.54 Å². The van der Waals surface area contributed by atoms with Crippen molar-refractivity contribution < 1.29 is 9.59 Å². The normalized spacial score (nSPS) is 19.4. The van der Waals surface area contributed by atoms with Crippen LogP contribution in [0.15, 0.2) is 11.6 Å². The Morgan fingerprint density at radius 1 is 1.17 bits per heavy atom. The van der Waals surface area contributed by atoms with Crippen molar-refractivity contribution in [1.29, 1.82) is 0 Å². The number of rotatable bonds is 6. The molecule has 5 nitrogen and oxygen atoms in total. The van der Waals surface area contributed by atoms with Crippen molar-refractivity contribution in [2.45, 2.75) is 46.0 Å². The van der Waals surface area contributed by atoms with Gasteiger partial charge < -0.3 is 14.7 Å². The van der Waals surface area contributed by atoms with E-state index < -0.39 is 0 Å². The third-order valence-corrected chi connectivity index (χ3v) is 5.03. The maximum atomic E-state index is 12.5. The molecule has 0 saturated carbocycles. The Bertz CT molecular complexity index is 440. The van der Waals surface area contributed by atoms with Crippen molar-refractivity contribution in [3.05, 3.63) is 11.6 Å². The van der Waals surface area contributed by atoms with Crippen LogP contribution < -0.4 is 0 Å². The Balaban J connectivity index is 1.80. The van der Waals surface area contributed by atoms with E-state index in [2.05, 4.69) is 17.9 Å². The first kappa shape index (κ1) is 18.0. The van der Waals surface area contributed by atoms with E-state index in [1.807, 2.05) is 4.90 Å². The lowest BCUT2D eigenvalue weighted by molar-refractivity contribution is -0.140. The zero-order valence-corrected chi connectivity index (χ0v) is 14.7. The average Bonchev–Trinajstić information content (AvgIpc) is 2.59. The Morgan fingerprint density at radius 2 is 1.91 bits per heavy atom. The van der Waals surface area contributed by atoms with Crippen LogP contribution in [0, 0.1) is 0 Å². The molecule has 0 unspecified atom stereocenters. The Morgan fingerprint density at radius 3 is 2.48 bits per heavy atom. The summed E-state index contributed by atoms with van der Waals surface area (Å²) in [4.78, 5) is 30.3. The molecule has 1 aliphatic carbocycles. The lowest BCUT2D eigenvalue weighted by Crippen LogP contribution is -2.51. The molecular weight excluding hydrogens is 290 g/mol. The molecule has 2 amide bonds. The fraction of sp³-hybridized carbons (Fsp3) is 0.778. The van der Waals surface area contributed by atoms with Crippen molar-refractivity contribution in [1.82, 2.24) is 14.7 Å². The Kier molecular flexibility index (Phi) is 7.09. The molecule has 130 valence electrons. The predicted octanol–water partition coefficient (Wildman–Crippen LogP) is 1.89. The van der Waals surface area contributed by atoms with Crippen LogP contribution in [0.2, 0.25) is 0 Å². The van der Waals surface area contributed by atoms with E-state index in [4.69, 9.17) is 0 Å². The number of allylic oxidation sites excluding steroid dienone is 1. The molecule has 2 rings (SSSR count). The second-order valence-electron chi connectivity index (χ2n) is 6.61. The van der Waals surface area contributed by atoms with Crippen LogP contribution in [0.25, 0.3) is 0 Å². The quantitative estimate of drug-likeness (QED) is 0.702. The Labute approximate surface area is 140 Å². The van der Waals surface area contributed by atoms with Gasteiger partial charge in [0.2, 0.25) is 11.8 Å². The summed E-state index contributed by atoms with van der Waals surface area (Å²) in [5.41, 5.74) is 1.45. The van der Waals surface area contributed by atoms with Gasteiger partial charge in [-0.3, -0.25) is 9.59 Å². The van der Waals surface area contributed by atoms with Crippen LogP contribution >= 0.6 is 0 Å². The maximum absolute atomic E-state index is 12.5. The molecular formula is C18H31N3O2. The van der Waals surface area contributed by atoms with Gasteiger partial charge >= 0.3 is 0 Å². The highest BCUT2D eigenvalue weighted by molar-refractivity contribution is 5.83. The number of amides is 2. The van der Waals surface area contributed by atoms with Crippen LogP contribution in [-0.4, -0.2) is 72.3 Å². The van der Waals surface area contributed by atoms with Crippen molar-refractivity contribution in [2.75, 3.05) is 45.8 Å². The van der Waals surface area contributed by atoms with Gasteiger partial charge in [-0.05, 0) is 38.6 Å².